The third-order valence-corrected chi connectivity index (χ3v) is 3.81. The maximum absolute atomic E-state index is 11.9. The third kappa shape index (κ3) is 2.65. The van der Waals surface area contributed by atoms with E-state index in [0.717, 1.165) is 16.5 Å². The van der Waals surface area contributed by atoms with Crippen LogP contribution in [0.4, 0.5) is 0 Å². The van der Waals surface area contributed by atoms with Gasteiger partial charge in [-0.3, -0.25) is 4.79 Å². The SMILES string of the molecule is CCC(CO)NC(=O)c1cc2ccccc2s1. The fraction of sp³-hybridized carbons (Fsp3) is 0.308. The van der Waals surface area contributed by atoms with Gasteiger partial charge in [-0.15, -0.1) is 11.3 Å². The Morgan fingerprint density at radius 3 is 2.88 bits per heavy atom. The summed E-state index contributed by atoms with van der Waals surface area (Å²) in [5, 5.41) is 12.9. The molecule has 1 atom stereocenters. The highest BCUT2D eigenvalue weighted by molar-refractivity contribution is 7.20. The summed E-state index contributed by atoms with van der Waals surface area (Å²) in [4.78, 5) is 12.6. The molecule has 0 saturated carbocycles. The van der Waals surface area contributed by atoms with Gasteiger partial charge < -0.3 is 10.4 Å². The highest BCUT2D eigenvalue weighted by Gasteiger charge is 2.13. The van der Waals surface area contributed by atoms with Crippen LogP contribution < -0.4 is 5.32 Å². The number of benzene rings is 1. The molecule has 1 unspecified atom stereocenters. The molecule has 17 heavy (non-hydrogen) atoms. The van der Waals surface area contributed by atoms with E-state index in [1.54, 1.807) is 0 Å². The Labute approximate surface area is 104 Å². The second-order valence-electron chi connectivity index (χ2n) is 3.91. The van der Waals surface area contributed by atoms with Crippen LogP contribution in [0.1, 0.15) is 23.0 Å². The molecule has 0 spiro atoms. The second-order valence-corrected chi connectivity index (χ2v) is 4.99. The van der Waals surface area contributed by atoms with Crippen molar-refractivity contribution < 1.29 is 9.90 Å². The highest BCUT2D eigenvalue weighted by Crippen LogP contribution is 2.25. The lowest BCUT2D eigenvalue weighted by atomic mass is 10.2. The Hall–Kier alpha value is -1.39. The Kier molecular flexibility index (Phi) is 3.76. The summed E-state index contributed by atoms with van der Waals surface area (Å²) in [6, 6.07) is 9.64. The van der Waals surface area contributed by atoms with Crippen molar-refractivity contribution in [1.29, 1.82) is 0 Å². The fourth-order valence-corrected chi connectivity index (χ4v) is 2.59. The van der Waals surface area contributed by atoms with Gasteiger partial charge in [0.15, 0.2) is 0 Å². The molecule has 0 fully saturated rings. The lowest BCUT2D eigenvalue weighted by Gasteiger charge is -2.12. The van der Waals surface area contributed by atoms with Crippen LogP contribution in [0, 0.1) is 0 Å². The van der Waals surface area contributed by atoms with E-state index in [1.165, 1.54) is 11.3 Å². The number of amides is 1. The minimum atomic E-state index is -0.160. The maximum Gasteiger partial charge on any atom is 0.261 e. The molecule has 1 aromatic carbocycles. The molecule has 1 amide bonds. The predicted molar refractivity (Wildman–Crippen MR) is 70.5 cm³/mol. The summed E-state index contributed by atoms with van der Waals surface area (Å²) < 4.78 is 1.11. The molecule has 0 aliphatic heterocycles. The number of fused-ring (bicyclic) bond motifs is 1. The van der Waals surface area contributed by atoms with E-state index in [9.17, 15) is 4.79 Å². The molecule has 90 valence electrons. The summed E-state index contributed by atoms with van der Waals surface area (Å²) in [6.07, 6.45) is 0.729. The third-order valence-electron chi connectivity index (χ3n) is 2.70. The van der Waals surface area contributed by atoms with E-state index in [0.29, 0.717) is 4.88 Å². The molecule has 0 radical (unpaired) electrons. The number of hydrogen-bond acceptors (Lipinski definition) is 3. The molecule has 1 heterocycles. The number of thiophene rings is 1. The Morgan fingerprint density at radius 2 is 2.24 bits per heavy atom. The summed E-state index contributed by atoms with van der Waals surface area (Å²) in [7, 11) is 0. The number of aliphatic hydroxyl groups is 1. The predicted octanol–water partition coefficient (Wildman–Crippen LogP) is 2.40. The Morgan fingerprint density at radius 1 is 1.47 bits per heavy atom. The van der Waals surface area contributed by atoms with Crippen LogP contribution in [-0.4, -0.2) is 23.7 Å². The average molecular weight is 249 g/mol. The first-order valence-electron chi connectivity index (χ1n) is 5.65. The highest BCUT2D eigenvalue weighted by atomic mass is 32.1. The fourth-order valence-electron chi connectivity index (χ4n) is 1.63. The van der Waals surface area contributed by atoms with Crippen molar-refractivity contribution in [3.8, 4) is 0 Å². The van der Waals surface area contributed by atoms with Crippen LogP contribution >= 0.6 is 11.3 Å². The van der Waals surface area contributed by atoms with Crippen LogP contribution in [-0.2, 0) is 0 Å². The molecule has 0 saturated heterocycles. The van der Waals surface area contributed by atoms with Gasteiger partial charge in [-0.2, -0.15) is 0 Å². The normalized spacial score (nSPS) is 12.6. The van der Waals surface area contributed by atoms with Crippen molar-refractivity contribution in [2.75, 3.05) is 6.61 Å². The van der Waals surface area contributed by atoms with E-state index >= 15 is 0 Å². The van der Waals surface area contributed by atoms with E-state index < -0.39 is 0 Å². The topological polar surface area (TPSA) is 49.3 Å². The summed E-state index contributed by atoms with van der Waals surface area (Å²) in [5.74, 6) is -0.105. The van der Waals surface area contributed by atoms with Crippen LogP contribution in [0.2, 0.25) is 0 Å². The van der Waals surface area contributed by atoms with Crippen molar-refractivity contribution >= 4 is 27.3 Å². The van der Waals surface area contributed by atoms with Gasteiger partial charge in [0.05, 0.1) is 17.5 Å². The van der Waals surface area contributed by atoms with Gasteiger partial charge in [0.2, 0.25) is 0 Å². The quantitative estimate of drug-likeness (QED) is 0.874. The van der Waals surface area contributed by atoms with Gasteiger partial charge in [-0.25, -0.2) is 0 Å². The van der Waals surface area contributed by atoms with Crippen molar-refractivity contribution in [2.45, 2.75) is 19.4 Å². The number of hydrogen-bond donors (Lipinski definition) is 2. The van der Waals surface area contributed by atoms with Crippen molar-refractivity contribution in [1.82, 2.24) is 5.32 Å². The van der Waals surface area contributed by atoms with Crippen LogP contribution in [0.5, 0.6) is 0 Å². The zero-order valence-electron chi connectivity index (χ0n) is 9.64. The Balaban J connectivity index is 2.19. The molecule has 2 N–H and O–H groups in total. The summed E-state index contributed by atoms with van der Waals surface area (Å²) >= 11 is 1.47. The maximum atomic E-state index is 11.9. The largest absolute Gasteiger partial charge is 0.394 e. The molecule has 1 aromatic heterocycles. The van der Waals surface area contributed by atoms with E-state index in [4.69, 9.17) is 5.11 Å². The molecule has 4 heteroatoms. The molecule has 0 bridgehead atoms. The minimum absolute atomic E-state index is 0.0207. The number of nitrogens with one attached hydrogen (secondary N) is 1. The van der Waals surface area contributed by atoms with Gasteiger partial charge in [0.25, 0.3) is 5.91 Å². The van der Waals surface area contributed by atoms with Gasteiger partial charge in [0, 0.05) is 4.70 Å². The summed E-state index contributed by atoms with van der Waals surface area (Å²) in [6.45, 7) is 1.92. The number of rotatable bonds is 4. The van der Waals surface area contributed by atoms with Crippen LogP contribution in [0.15, 0.2) is 30.3 Å². The summed E-state index contributed by atoms with van der Waals surface area (Å²) in [5.41, 5.74) is 0. The van der Waals surface area contributed by atoms with E-state index in [1.807, 2.05) is 37.3 Å². The van der Waals surface area contributed by atoms with Gasteiger partial charge in [-0.05, 0) is 23.9 Å². The van der Waals surface area contributed by atoms with Crippen LogP contribution in [0.25, 0.3) is 10.1 Å². The smallest absolute Gasteiger partial charge is 0.261 e. The van der Waals surface area contributed by atoms with Crippen molar-refractivity contribution in [3.63, 3.8) is 0 Å². The standard InChI is InChI=1S/C13H15NO2S/c1-2-10(8-15)14-13(16)12-7-9-5-3-4-6-11(9)17-12/h3-7,10,15H,2,8H2,1H3,(H,14,16). The average Bonchev–Trinajstić information content (AvgIpc) is 2.79. The van der Waals surface area contributed by atoms with E-state index in [-0.39, 0.29) is 18.6 Å². The molecule has 3 nitrogen and oxygen atoms in total. The van der Waals surface area contributed by atoms with Gasteiger partial charge in [0.1, 0.15) is 0 Å². The zero-order chi connectivity index (χ0) is 12.3. The Bertz CT molecular complexity index is 484. The first-order valence-corrected chi connectivity index (χ1v) is 6.46. The second kappa shape index (κ2) is 5.29. The van der Waals surface area contributed by atoms with Crippen molar-refractivity contribution in [2.24, 2.45) is 0 Å². The van der Waals surface area contributed by atoms with Crippen LogP contribution in [0.3, 0.4) is 0 Å². The first kappa shape index (κ1) is 12.1. The number of aliphatic hydroxyl groups excluding tert-OH is 1. The molecule has 2 rings (SSSR count). The minimum Gasteiger partial charge on any atom is -0.394 e. The van der Waals surface area contributed by atoms with E-state index in [2.05, 4.69) is 5.32 Å². The van der Waals surface area contributed by atoms with Gasteiger partial charge in [-0.1, -0.05) is 25.1 Å². The molecular weight excluding hydrogens is 234 g/mol. The number of carbonyl (C=O) groups is 1. The number of carbonyl (C=O) groups excluding carboxylic acids is 1. The van der Waals surface area contributed by atoms with Crippen molar-refractivity contribution in [3.05, 3.63) is 35.2 Å². The first-order chi connectivity index (χ1) is 8.24. The monoisotopic (exact) mass is 249 g/mol. The molecule has 0 aliphatic carbocycles. The molecule has 2 aromatic rings. The lowest BCUT2D eigenvalue weighted by Crippen LogP contribution is -2.36. The molecular formula is C13H15NO2S. The molecule has 0 aliphatic rings. The van der Waals surface area contributed by atoms with Gasteiger partial charge >= 0.3 is 0 Å². The zero-order valence-corrected chi connectivity index (χ0v) is 10.5. The lowest BCUT2D eigenvalue weighted by molar-refractivity contribution is 0.0919.